The van der Waals surface area contributed by atoms with Crippen molar-refractivity contribution in [2.24, 2.45) is 0 Å². The summed E-state index contributed by atoms with van der Waals surface area (Å²) in [6.07, 6.45) is -0.604. The van der Waals surface area contributed by atoms with Crippen molar-refractivity contribution in [1.29, 1.82) is 0 Å². The molecule has 0 aliphatic carbocycles. The van der Waals surface area contributed by atoms with Gasteiger partial charge in [-0.3, -0.25) is 9.59 Å². The summed E-state index contributed by atoms with van der Waals surface area (Å²) in [5, 5.41) is 15.5. The second kappa shape index (κ2) is 14.0. The molecule has 0 fully saturated rings. The fourth-order valence-electron chi connectivity index (χ4n) is 4.75. The first kappa shape index (κ1) is 32.2. The highest BCUT2D eigenvalue weighted by Crippen LogP contribution is 2.29. The maximum atomic E-state index is 14.5. The third-order valence-corrected chi connectivity index (χ3v) is 6.95. The highest BCUT2D eigenvalue weighted by atomic mass is 16.6. The Bertz CT molecular complexity index is 1360. The van der Waals surface area contributed by atoms with Crippen LogP contribution < -0.4 is 10.6 Å². The van der Waals surface area contributed by atoms with Crippen LogP contribution in [0, 0.1) is 13.8 Å². The number of phenols is 1. The van der Waals surface area contributed by atoms with Crippen molar-refractivity contribution < 1.29 is 24.2 Å². The smallest absolute Gasteiger partial charge is 0.408 e. The maximum Gasteiger partial charge on any atom is 0.408 e. The summed E-state index contributed by atoms with van der Waals surface area (Å²) in [5.41, 5.74) is 3.51. The van der Waals surface area contributed by atoms with Crippen LogP contribution >= 0.6 is 0 Å². The maximum absolute atomic E-state index is 14.5. The number of carbonyl (C=O) groups is 3. The summed E-state index contributed by atoms with van der Waals surface area (Å²) in [4.78, 5) is 43.0. The number of aryl methyl sites for hydroxylation is 1. The predicted molar refractivity (Wildman–Crippen MR) is 164 cm³/mol. The Morgan fingerprint density at radius 2 is 1.52 bits per heavy atom. The van der Waals surface area contributed by atoms with E-state index in [1.165, 1.54) is 12.1 Å². The molecule has 3 N–H and O–H groups in total. The molecule has 8 nitrogen and oxygen atoms in total. The largest absolute Gasteiger partial charge is 0.508 e. The molecule has 0 aliphatic heterocycles. The lowest BCUT2D eigenvalue weighted by atomic mass is 9.93. The van der Waals surface area contributed by atoms with Crippen molar-refractivity contribution >= 4 is 17.9 Å². The fraction of sp³-hybridized carbons (Fsp3) is 0.382. The van der Waals surface area contributed by atoms with E-state index in [0.717, 1.165) is 22.3 Å². The van der Waals surface area contributed by atoms with Crippen LogP contribution in [0.4, 0.5) is 4.79 Å². The Labute approximate surface area is 249 Å². The highest BCUT2D eigenvalue weighted by molar-refractivity contribution is 5.92. The molecule has 0 saturated carbocycles. The van der Waals surface area contributed by atoms with Gasteiger partial charge in [-0.15, -0.1) is 0 Å². The summed E-state index contributed by atoms with van der Waals surface area (Å²) >= 11 is 0. The van der Waals surface area contributed by atoms with Gasteiger partial charge in [0.05, 0.1) is 0 Å². The van der Waals surface area contributed by atoms with Crippen LogP contribution in [-0.2, 0) is 27.3 Å². The molecule has 3 aromatic carbocycles. The second-order valence-corrected chi connectivity index (χ2v) is 11.8. The molecule has 0 saturated heterocycles. The van der Waals surface area contributed by atoms with Crippen LogP contribution in [0.25, 0.3) is 0 Å². The van der Waals surface area contributed by atoms with Crippen molar-refractivity contribution in [2.75, 3.05) is 0 Å². The number of amides is 3. The second-order valence-electron chi connectivity index (χ2n) is 11.8. The first-order valence-corrected chi connectivity index (χ1v) is 14.2. The lowest BCUT2D eigenvalue weighted by molar-refractivity contribution is -0.144. The minimum absolute atomic E-state index is 0.0932. The number of carbonyl (C=O) groups excluding carboxylic acids is 3. The van der Waals surface area contributed by atoms with Crippen LogP contribution in [0.15, 0.2) is 72.8 Å². The Balaban J connectivity index is 2.04. The van der Waals surface area contributed by atoms with Gasteiger partial charge < -0.3 is 25.4 Å². The standard InChI is InChI=1S/C34H43N3O5/c1-22(2)37(32(40)29(36-33(41)42-34(5,6)7)20-25-16-18-27(38)19-17-25)30(28-15-11-12-23(3)24(28)4)31(39)35-21-26-13-9-8-10-14-26/h8-19,22,29-30,38H,20-21H2,1-7H3,(H,35,39)(H,36,41). The van der Waals surface area contributed by atoms with Crippen molar-refractivity contribution in [3.63, 3.8) is 0 Å². The van der Waals surface area contributed by atoms with E-state index in [1.807, 2.05) is 76.2 Å². The van der Waals surface area contributed by atoms with Gasteiger partial charge in [-0.05, 0) is 88.4 Å². The number of hydrogen-bond acceptors (Lipinski definition) is 5. The number of benzene rings is 3. The molecule has 3 aromatic rings. The lowest BCUT2D eigenvalue weighted by Gasteiger charge is -2.38. The normalized spacial score (nSPS) is 12.8. The summed E-state index contributed by atoms with van der Waals surface area (Å²) in [5.74, 6) is -0.657. The molecular formula is C34H43N3O5. The Kier molecular flexibility index (Phi) is 10.8. The zero-order chi connectivity index (χ0) is 31.0. The molecule has 0 spiro atoms. The van der Waals surface area contributed by atoms with Gasteiger partial charge >= 0.3 is 6.09 Å². The summed E-state index contributed by atoms with van der Waals surface area (Å²) in [6, 6.07) is 19.4. The van der Waals surface area contributed by atoms with Gasteiger partial charge in [0, 0.05) is 19.0 Å². The molecule has 2 unspecified atom stereocenters. The minimum atomic E-state index is -1.04. The van der Waals surface area contributed by atoms with E-state index >= 15 is 0 Å². The molecule has 3 rings (SSSR count). The van der Waals surface area contributed by atoms with E-state index in [2.05, 4.69) is 10.6 Å². The van der Waals surface area contributed by atoms with Crippen molar-refractivity contribution in [3.05, 3.63) is 101 Å². The number of rotatable bonds is 10. The van der Waals surface area contributed by atoms with Crippen molar-refractivity contribution in [1.82, 2.24) is 15.5 Å². The quantitative estimate of drug-likeness (QED) is 0.287. The van der Waals surface area contributed by atoms with Gasteiger partial charge in [0.15, 0.2) is 0 Å². The fourth-order valence-corrected chi connectivity index (χ4v) is 4.75. The Morgan fingerprint density at radius 3 is 2.12 bits per heavy atom. The lowest BCUT2D eigenvalue weighted by Crippen LogP contribution is -2.55. The summed E-state index contributed by atoms with van der Waals surface area (Å²) in [6.45, 7) is 13.2. The van der Waals surface area contributed by atoms with Crippen LogP contribution in [0.2, 0.25) is 0 Å². The average Bonchev–Trinajstić information content (AvgIpc) is 2.92. The zero-order valence-corrected chi connectivity index (χ0v) is 25.6. The molecule has 0 aliphatic rings. The molecule has 224 valence electrons. The van der Waals surface area contributed by atoms with Gasteiger partial charge in [-0.25, -0.2) is 4.79 Å². The van der Waals surface area contributed by atoms with Gasteiger partial charge in [0.1, 0.15) is 23.4 Å². The monoisotopic (exact) mass is 573 g/mol. The summed E-state index contributed by atoms with van der Waals surface area (Å²) in [7, 11) is 0. The molecule has 8 heteroatoms. The number of hydrogen-bond donors (Lipinski definition) is 3. The molecule has 2 atom stereocenters. The molecular weight excluding hydrogens is 530 g/mol. The average molecular weight is 574 g/mol. The van der Waals surface area contributed by atoms with Crippen molar-refractivity contribution in [2.45, 2.75) is 85.2 Å². The van der Waals surface area contributed by atoms with Gasteiger partial charge in [-0.2, -0.15) is 0 Å². The Morgan fingerprint density at radius 1 is 0.881 bits per heavy atom. The topological polar surface area (TPSA) is 108 Å². The number of nitrogens with one attached hydrogen (secondary N) is 2. The van der Waals surface area contributed by atoms with Gasteiger partial charge in [-0.1, -0.05) is 60.7 Å². The Hall–Kier alpha value is -4.33. The summed E-state index contributed by atoms with van der Waals surface area (Å²) < 4.78 is 5.49. The van der Waals surface area contributed by atoms with Crippen LogP contribution in [0.3, 0.4) is 0 Å². The third kappa shape index (κ3) is 8.83. The molecule has 42 heavy (non-hydrogen) atoms. The first-order chi connectivity index (χ1) is 19.8. The minimum Gasteiger partial charge on any atom is -0.508 e. The number of aromatic hydroxyl groups is 1. The molecule has 0 aromatic heterocycles. The number of ether oxygens (including phenoxy) is 1. The van der Waals surface area contributed by atoms with E-state index in [9.17, 15) is 19.5 Å². The predicted octanol–water partition coefficient (Wildman–Crippen LogP) is 5.74. The van der Waals surface area contributed by atoms with E-state index in [-0.39, 0.29) is 18.1 Å². The van der Waals surface area contributed by atoms with Crippen LogP contribution in [-0.4, -0.2) is 45.6 Å². The van der Waals surface area contributed by atoms with E-state index in [0.29, 0.717) is 12.1 Å². The SMILES string of the molecule is Cc1cccc(C(C(=O)NCc2ccccc2)N(C(=O)C(Cc2ccc(O)cc2)NC(=O)OC(C)(C)C)C(C)C)c1C. The van der Waals surface area contributed by atoms with Crippen molar-refractivity contribution in [3.8, 4) is 5.75 Å². The van der Waals surface area contributed by atoms with E-state index in [1.54, 1.807) is 37.8 Å². The van der Waals surface area contributed by atoms with E-state index < -0.39 is 35.7 Å². The number of nitrogens with zero attached hydrogens (tertiary/aromatic N) is 1. The highest BCUT2D eigenvalue weighted by Gasteiger charge is 2.38. The molecule has 0 heterocycles. The van der Waals surface area contributed by atoms with Crippen LogP contribution in [0.5, 0.6) is 5.75 Å². The van der Waals surface area contributed by atoms with Gasteiger partial charge in [0.25, 0.3) is 0 Å². The third-order valence-electron chi connectivity index (χ3n) is 6.95. The number of alkyl carbamates (subject to hydrolysis) is 1. The first-order valence-electron chi connectivity index (χ1n) is 14.2. The zero-order valence-electron chi connectivity index (χ0n) is 25.6. The van der Waals surface area contributed by atoms with E-state index in [4.69, 9.17) is 4.74 Å². The van der Waals surface area contributed by atoms with Gasteiger partial charge in [0.2, 0.25) is 11.8 Å². The molecule has 3 amide bonds. The number of phenolic OH excluding ortho intramolecular Hbond substituents is 1. The molecule has 0 bridgehead atoms. The molecule has 0 radical (unpaired) electrons. The van der Waals surface area contributed by atoms with Crippen LogP contribution in [0.1, 0.15) is 68.5 Å².